The van der Waals surface area contributed by atoms with E-state index in [1.54, 1.807) is 25.3 Å². The Kier molecular flexibility index (Phi) is 4.31. The molecule has 0 saturated carbocycles. The van der Waals surface area contributed by atoms with Crippen molar-refractivity contribution in [3.05, 3.63) is 36.4 Å². The van der Waals surface area contributed by atoms with Crippen LogP contribution >= 0.6 is 0 Å². The van der Waals surface area contributed by atoms with Gasteiger partial charge in [-0.2, -0.15) is 0 Å². The van der Waals surface area contributed by atoms with Crippen molar-refractivity contribution in [1.29, 1.82) is 0 Å². The Morgan fingerprint density at radius 2 is 2.06 bits per heavy atom. The third-order valence-electron chi connectivity index (χ3n) is 2.43. The van der Waals surface area contributed by atoms with Gasteiger partial charge >= 0.3 is 0 Å². The largest absolute Gasteiger partial charge is 0.399 e. The van der Waals surface area contributed by atoms with Gasteiger partial charge in [0.05, 0.1) is 4.90 Å². The van der Waals surface area contributed by atoms with E-state index in [4.69, 9.17) is 5.73 Å². The van der Waals surface area contributed by atoms with E-state index in [0.717, 1.165) is 5.56 Å². The van der Waals surface area contributed by atoms with Crippen molar-refractivity contribution >= 4 is 15.7 Å². The highest BCUT2D eigenvalue weighted by atomic mass is 32.2. The van der Waals surface area contributed by atoms with E-state index in [9.17, 15) is 8.42 Å². The minimum Gasteiger partial charge on any atom is -0.399 e. The lowest BCUT2D eigenvalue weighted by molar-refractivity contribution is 0.475. The minimum absolute atomic E-state index is 0.238. The molecule has 0 spiro atoms. The Balaban J connectivity index is 3.08. The summed E-state index contributed by atoms with van der Waals surface area (Å²) >= 11 is 0. The number of nitrogen functional groups attached to an aromatic ring is 1. The van der Waals surface area contributed by atoms with E-state index in [2.05, 4.69) is 6.58 Å². The van der Waals surface area contributed by atoms with Gasteiger partial charge in [0.15, 0.2) is 0 Å². The van der Waals surface area contributed by atoms with Gasteiger partial charge in [-0.15, -0.1) is 6.58 Å². The third kappa shape index (κ3) is 3.31. The molecule has 0 aromatic heterocycles. The smallest absolute Gasteiger partial charge is 0.242 e. The van der Waals surface area contributed by atoms with E-state index in [1.807, 2.05) is 6.92 Å². The predicted octanol–water partition coefficient (Wildman–Crippen LogP) is 1.77. The first-order valence-electron chi connectivity index (χ1n) is 5.32. The number of anilines is 1. The topological polar surface area (TPSA) is 63.4 Å². The Hall–Kier alpha value is -1.33. The lowest BCUT2D eigenvalue weighted by Crippen LogP contribution is -2.27. The summed E-state index contributed by atoms with van der Waals surface area (Å²) in [4.78, 5) is 0.238. The molecule has 4 nitrogen and oxygen atoms in total. The van der Waals surface area contributed by atoms with Crippen molar-refractivity contribution in [2.75, 3.05) is 19.3 Å². The van der Waals surface area contributed by atoms with Crippen LogP contribution in [0.5, 0.6) is 0 Å². The number of hydrogen-bond acceptors (Lipinski definition) is 3. The van der Waals surface area contributed by atoms with Gasteiger partial charge < -0.3 is 5.73 Å². The standard InChI is InChI=1S/C12H18N2O2S/c1-4-5-6-14(3)17(15,16)12-8-10(2)7-11(13)9-12/h4,7-9H,1,5-6,13H2,2-3H3. The van der Waals surface area contributed by atoms with Gasteiger partial charge in [0.25, 0.3) is 0 Å². The molecule has 1 aromatic carbocycles. The maximum Gasteiger partial charge on any atom is 0.242 e. The fourth-order valence-electron chi connectivity index (χ4n) is 1.50. The number of sulfonamides is 1. The van der Waals surface area contributed by atoms with E-state index >= 15 is 0 Å². The molecule has 0 fully saturated rings. The van der Waals surface area contributed by atoms with Gasteiger partial charge in [0, 0.05) is 19.3 Å². The highest BCUT2D eigenvalue weighted by Crippen LogP contribution is 2.19. The molecule has 0 heterocycles. The van der Waals surface area contributed by atoms with E-state index in [1.165, 1.54) is 10.4 Å². The van der Waals surface area contributed by atoms with Gasteiger partial charge in [0.2, 0.25) is 10.0 Å². The number of nitrogens with zero attached hydrogens (tertiary/aromatic N) is 1. The lowest BCUT2D eigenvalue weighted by atomic mass is 10.2. The molecule has 2 N–H and O–H groups in total. The second-order valence-electron chi connectivity index (χ2n) is 3.98. The molecule has 0 aliphatic rings. The zero-order valence-electron chi connectivity index (χ0n) is 10.2. The van der Waals surface area contributed by atoms with Gasteiger partial charge in [-0.25, -0.2) is 12.7 Å². The van der Waals surface area contributed by atoms with Crippen LogP contribution in [0.2, 0.25) is 0 Å². The molecule has 94 valence electrons. The quantitative estimate of drug-likeness (QED) is 0.643. The van der Waals surface area contributed by atoms with Crippen LogP contribution in [-0.4, -0.2) is 26.3 Å². The van der Waals surface area contributed by atoms with E-state index in [-0.39, 0.29) is 4.90 Å². The normalized spacial score (nSPS) is 11.7. The Morgan fingerprint density at radius 1 is 1.41 bits per heavy atom. The van der Waals surface area contributed by atoms with Crippen molar-refractivity contribution in [1.82, 2.24) is 4.31 Å². The summed E-state index contributed by atoms with van der Waals surface area (Å²) in [6.07, 6.45) is 2.31. The second-order valence-corrected chi connectivity index (χ2v) is 6.03. The Bertz CT molecular complexity index is 489. The summed E-state index contributed by atoms with van der Waals surface area (Å²) in [7, 11) is -1.90. The van der Waals surface area contributed by atoms with Crippen LogP contribution < -0.4 is 5.73 Å². The fourth-order valence-corrected chi connectivity index (χ4v) is 2.82. The molecule has 0 radical (unpaired) electrons. The third-order valence-corrected chi connectivity index (χ3v) is 4.26. The van der Waals surface area contributed by atoms with Crippen LogP contribution in [-0.2, 0) is 10.0 Å². The van der Waals surface area contributed by atoms with Crippen LogP contribution in [0.3, 0.4) is 0 Å². The molecule has 0 amide bonds. The first kappa shape index (κ1) is 13.7. The second kappa shape index (κ2) is 5.33. The maximum absolute atomic E-state index is 12.2. The molecule has 0 aliphatic carbocycles. The van der Waals surface area contributed by atoms with Crippen LogP contribution in [0.4, 0.5) is 5.69 Å². The average molecular weight is 254 g/mol. The number of nitrogens with two attached hydrogens (primary N) is 1. The maximum atomic E-state index is 12.2. The molecular formula is C12H18N2O2S. The molecule has 0 aliphatic heterocycles. The molecule has 0 atom stereocenters. The zero-order valence-corrected chi connectivity index (χ0v) is 11.0. The van der Waals surface area contributed by atoms with Crippen molar-refractivity contribution in [2.45, 2.75) is 18.2 Å². The molecule has 0 saturated heterocycles. The fraction of sp³-hybridized carbons (Fsp3) is 0.333. The number of rotatable bonds is 5. The van der Waals surface area contributed by atoms with Gasteiger partial charge in [0.1, 0.15) is 0 Å². The predicted molar refractivity (Wildman–Crippen MR) is 70.2 cm³/mol. The lowest BCUT2D eigenvalue weighted by Gasteiger charge is -2.17. The molecule has 1 rings (SSSR count). The molecule has 17 heavy (non-hydrogen) atoms. The summed E-state index contributed by atoms with van der Waals surface area (Å²) in [5, 5.41) is 0. The van der Waals surface area contributed by atoms with Crippen molar-refractivity contribution < 1.29 is 8.42 Å². The van der Waals surface area contributed by atoms with Gasteiger partial charge in [-0.05, 0) is 37.1 Å². The van der Waals surface area contributed by atoms with Crippen LogP contribution in [0.1, 0.15) is 12.0 Å². The number of aryl methyl sites for hydroxylation is 1. The summed E-state index contributed by atoms with van der Waals surface area (Å²) in [6, 6.07) is 4.84. The molecule has 1 aromatic rings. The van der Waals surface area contributed by atoms with Gasteiger partial charge in [-0.1, -0.05) is 6.08 Å². The number of benzene rings is 1. The summed E-state index contributed by atoms with van der Waals surface area (Å²) < 4.78 is 25.7. The van der Waals surface area contributed by atoms with E-state index in [0.29, 0.717) is 18.7 Å². The molecule has 5 heteroatoms. The molecule has 0 unspecified atom stereocenters. The van der Waals surface area contributed by atoms with Crippen LogP contribution in [0.15, 0.2) is 35.7 Å². The highest BCUT2D eigenvalue weighted by molar-refractivity contribution is 7.89. The van der Waals surface area contributed by atoms with Crippen molar-refractivity contribution in [3.63, 3.8) is 0 Å². The summed E-state index contributed by atoms with van der Waals surface area (Å²) in [5.74, 6) is 0. The monoisotopic (exact) mass is 254 g/mol. The van der Waals surface area contributed by atoms with Crippen LogP contribution in [0.25, 0.3) is 0 Å². The first-order chi connectivity index (χ1) is 7.87. The zero-order chi connectivity index (χ0) is 13.1. The van der Waals surface area contributed by atoms with E-state index < -0.39 is 10.0 Å². The molecular weight excluding hydrogens is 236 g/mol. The summed E-state index contributed by atoms with van der Waals surface area (Å²) in [6.45, 7) is 5.81. The van der Waals surface area contributed by atoms with Gasteiger partial charge in [-0.3, -0.25) is 0 Å². The first-order valence-corrected chi connectivity index (χ1v) is 6.76. The highest BCUT2D eigenvalue weighted by Gasteiger charge is 2.20. The van der Waals surface area contributed by atoms with Crippen LogP contribution in [0, 0.1) is 6.92 Å². The SMILES string of the molecule is C=CCCN(C)S(=O)(=O)c1cc(C)cc(N)c1. The van der Waals surface area contributed by atoms with Crippen molar-refractivity contribution in [3.8, 4) is 0 Å². The Morgan fingerprint density at radius 3 is 2.59 bits per heavy atom. The Labute approximate surface area is 103 Å². The van der Waals surface area contributed by atoms with Crippen molar-refractivity contribution in [2.24, 2.45) is 0 Å². The average Bonchev–Trinajstić information content (AvgIpc) is 2.24. The summed E-state index contributed by atoms with van der Waals surface area (Å²) in [5.41, 5.74) is 6.95. The number of hydrogen-bond donors (Lipinski definition) is 1. The molecule has 0 bridgehead atoms. The minimum atomic E-state index is -3.45.